The first-order valence-electron chi connectivity index (χ1n) is 8.52. The molecule has 0 aliphatic heterocycles. The standard InChI is InChI=1S/C20H25NO2S2/c1-24-12-10-17-6-5-7-18(14-17)15-21(16-23)20(25-13-11-22)19-8-3-2-4-9-19/h5-8,10-12,14,16,20H,2-4,9,13,15H2,1H3/b12-10-. The highest BCUT2D eigenvalue weighted by Gasteiger charge is 2.23. The van der Waals surface area contributed by atoms with Crippen LogP contribution >= 0.6 is 23.5 Å². The quantitative estimate of drug-likeness (QED) is 0.336. The van der Waals surface area contributed by atoms with Crippen molar-refractivity contribution < 1.29 is 9.59 Å². The molecule has 25 heavy (non-hydrogen) atoms. The average Bonchev–Trinajstić information content (AvgIpc) is 2.67. The van der Waals surface area contributed by atoms with Crippen LogP contribution in [0.3, 0.4) is 0 Å². The Labute approximate surface area is 158 Å². The van der Waals surface area contributed by atoms with Gasteiger partial charge in [0.25, 0.3) is 0 Å². The predicted octanol–water partition coefficient (Wildman–Crippen LogP) is 4.74. The third kappa shape index (κ3) is 6.40. The first-order chi connectivity index (χ1) is 12.3. The molecule has 0 N–H and O–H groups in total. The maximum Gasteiger partial charge on any atom is 0.211 e. The molecule has 0 fully saturated rings. The summed E-state index contributed by atoms with van der Waals surface area (Å²) in [6.07, 6.45) is 12.6. The summed E-state index contributed by atoms with van der Waals surface area (Å²) in [5.74, 6) is 0.406. The number of rotatable bonds is 10. The number of hydrogen-bond acceptors (Lipinski definition) is 4. The van der Waals surface area contributed by atoms with Gasteiger partial charge >= 0.3 is 0 Å². The molecule has 1 unspecified atom stereocenters. The molecule has 0 radical (unpaired) electrons. The van der Waals surface area contributed by atoms with Crippen LogP contribution in [0.1, 0.15) is 36.8 Å². The topological polar surface area (TPSA) is 37.4 Å². The van der Waals surface area contributed by atoms with Gasteiger partial charge in [0.05, 0.1) is 11.1 Å². The third-order valence-corrected chi connectivity index (χ3v) is 5.74. The Morgan fingerprint density at radius 1 is 1.28 bits per heavy atom. The van der Waals surface area contributed by atoms with Crippen molar-refractivity contribution in [3.05, 3.63) is 52.4 Å². The minimum Gasteiger partial charge on any atom is -0.325 e. The lowest BCUT2D eigenvalue weighted by Gasteiger charge is -2.31. The maximum absolute atomic E-state index is 11.8. The first-order valence-corrected chi connectivity index (χ1v) is 10.9. The Morgan fingerprint density at radius 2 is 2.16 bits per heavy atom. The maximum atomic E-state index is 11.8. The third-order valence-electron chi connectivity index (χ3n) is 4.11. The van der Waals surface area contributed by atoms with Crippen LogP contribution in [0.4, 0.5) is 0 Å². The minimum absolute atomic E-state index is 0.0478. The van der Waals surface area contributed by atoms with Crippen molar-refractivity contribution in [3.8, 4) is 0 Å². The fraction of sp³-hybridized carbons (Fsp3) is 0.400. The number of carbonyl (C=O) groups excluding carboxylic acids is 2. The van der Waals surface area contributed by atoms with Crippen molar-refractivity contribution in [2.24, 2.45) is 0 Å². The smallest absolute Gasteiger partial charge is 0.211 e. The highest BCUT2D eigenvalue weighted by atomic mass is 32.2. The second kappa shape index (κ2) is 11.2. The molecular weight excluding hydrogens is 350 g/mol. The van der Waals surface area contributed by atoms with E-state index < -0.39 is 0 Å². The van der Waals surface area contributed by atoms with Crippen LogP contribution in [0, 0.1) is 0 Å². The van der Waals surface area contributed by atoms with Crippen LogP contribution < -0.4 is 0 Å². The Kier molecular flexibility index (Phi) is 8.91. The summed E-state index contributed by atoms with van der Waals surface area (Å²) in [5.41, 5.74) is 3.51. The molecule has 0 bridgehead atoms. The van der Waals surface area contributed by atoms with E-state index in [1.54, 1.807) is 11.8 Å². The van der Waals surface area contributed by atoms with Crippen LogP contribution in [0.2, 0.25) is 0 Å². The van der Waals surface area contributed by atoms with Gasteiger partial charge in [0, 0.05) is 6.54 Å². The molecule has 1 aromatic rings. The van der Waals surface area contributed by atoms with Gasteiger partial charge in [-0.3, -0.25) is 4.79 Å². The fourth-order valence-corrected chi connectivity index (χ4v) is 4.26. The van der Waals surface area contributed by atoms with Crippen molar-refractivity contribution in [3.63, 3.8) is 0 Å². The zero-order valence-corrected chi connectivity index (χ0v) is 16.2. The van der Waals surface area contributed by atoms with Gasteiger partial charge in [0.1, 0.15) is 6.29 Å². The average molecular weight is 376 g/mol. The number of aldehydes is 1. The summed E-state index contributed by atoms with van der Waals surface area (Å²) in [6, 6.07) is 8.24. The molecule has 1 amide bonds. The first kappa shape index (κ1) is 19.9. The lowest BCUT2D eigenvalue weighted by molar-refractivity contribution is -0.119. The van der Waals surface area contributed by atoms with Crippen molar-refractivity contribution in [1.29, 1.82) is 0 Å². The van der Waals surface area contributed by atoms with Crippen molar-refractivity contribution >= 4 is 42.3 Å². The van der Waals surface area contributed by atoms with Gasteiger partial charge in [-0.25, -0.2) is 0 Å². The predicted molar refractivity (Wildman–Crippen MR) is 109 cm³/mol. The molecule has 0 aromatic heterocycles. The van der Waals surface area contributed by atoms with Crippen molar-refractivity contribution in [1.82, 2.24) is 4.90 Å². The molecule has 1 aliphatic carbocycles. The van der Waals surface area contributed by atoms with Gasteiger partial charge in [-0.2, -0.15) is 0 Å². The van der Waals surface area contributed by atoms with Gasteiger partial charge in [0.15, 0.2) is 0 Å². The molecular formula is C20H25NO2S2. The number of nitrogens with zero attached hydrogens (tertiary/aromatic N) is 1. The molecule has 1 atom stereocenters. The summed E-state index contributed by atoms with van der Waals surface area (Å²) < 4.78 is 0. The van der Waals surface area contributed by atoms with E-state index in [2.05, 4.69) is 24.3 Å². The Bertz CT molecular complexity index is 628. The second-order valence-electron chi connectivity index (χ2n) is 5.94. The van der Waals surface area contributed by atoms with Crippen LogP contribution in [0.5, 0.6) is 0 Å². The van der Waals surface area contributed by atoms with Crippen LogP contribution in [0.15, 0.2) is 41.3 Å². The molecule has 1 aliphatic rings. The summed E-state index contributed by atoms with van der Waals surface area (Å²) in [5, 5.41) is 2.00. The van der Waals surface area contributed by atoms with E-state index in [9.17, 15) is 9.59 Å². The van der Waals surface area contributed by atoms with E-state index in [4.69, 9.17) is 0 Å². The van der Waals surface area contributed by atoms with Crippen LogP contribution in [-0.4, -0.2) is 35.0 Å². The van der Waals surface area contributed by atoms with Crippen LogP contribution in [-0.2, 0) is 16.1 Å². The Morgan fingerprint density at radius 3 is 2.84 bits per heavy atom. The van der Waals surface area contributed by atoms with E-state index in [-0.39, 0.29) is 5.37 Å². The zero-order valence-electron chi connectivity index (χ0n) is 14.6. The molecule has 2 rings (SSSR count). The van der Waals surface area contributed by atoms with E-state index in [1.807, 2.05) is 28.7 Å². The van der Waals surface area contributed by atoms with Gasteiger partial charge in [-0.05, 0) is 66.2 Å². The number of thioether (sulfide) groups is 2. The molecule has 3 nitrogen and oxygen atoms in total. The summed E-state index contributed by atoms with van der Waals surface area (Å²) in [7, 11) is 0. The van der Waals surface area contributed by atoms with Crippen molar-refractivity contribution in [2.45, 2.75) is 37.6 Å². The van der Waals surface area contributed by atoms with Crippen LogP contribution in [0.25, 0.3) is 6.08 Å². The number of benzene rings is 1. The largest absolute Gasteiger partial charge is 0.325 e. The lowest BCUT2D eigenvalue weighted by atomic mass is 9.99. The minimum atomic E-state index is -0.0478. The van der Waals surface area contributed by atoms with E-state index in [0.29, 0.717) is 12.3 Å². The summed E-state index contributed by atoms with van der Waals surface area (Å²) in [4.78, 5) is 24.5. The summed E-state index contributed by atoms with van der Waals surface area (Å²) >= 11 is 3.20. The van der Waals surface area contributed by atoms with Gasteiger partial charge < -0.3 is 9.69 Å². The van der Waals surface area contributed by atoms with Gasteiger partial charge in [-0.15, -0.1) is 23.5 Å². The van der Waals surface area contributed by atoms with E-state index in [0.717, 1.165) is 43.1 Å². The van der Waals surface area contributed by atoms with Gasteiger partial charge in [-0.1, -0.05) is 24.3 Å². The van der Waals surface area contributed by atoms with E-state index in [1.165, 1.54) is 23.8 Å². The fourth-order valence-electron chi connectivity index (χ4n) is 2.96. The molecule has 0 saturated heterocycles. The SMILES string of the molecule is CS/C=C\c1cccc(CN(C=O)C(SCC=O)C2=CCCCC2)c1. The molecule has 0 saturated carbocycles. The van der Waals surface area contributed by atoms with E-state index >= 15 is 0 Å². The highest BCUT2D eigenvalue weighted by molar-refractivity contribution is 8.01. The molecule has 5 heteroatoms. The normalized spacial score (nSPS) is 15.6. The Hall–Kier alpha value is -1.46. The monoisotopic (exact) mass is 375 g/mol. The second-order valence-corrected chi connectivity index (χ2v) is 7.80. The molecule has 0 heterocycles. The van der Waals surface area contributed by atoms with Gasteiger partial charge in [0.2, 0.25) is 6.41 Å². The number of carbonyl (C=O) groups is 2. The molecule has 134 valence electrons. The lowest BCUT2D eigenvalue weighted by Crippen LogP contribution is -2.33. The molecule has 1 aromatic carbocycles. The zero-order chi connectivity index (χ0) is 17.9. The number of amides is 1. The van der Waals surface area contributed by atoms with Crippen molar-refractivity contribution in [2.75, 3.05) is 12.0 Å². The molecule has 0 spiro atoms. The number of allylic oxidation sites excluding steroid dienone is 1. The Balaban J connectivity index is 2.16. The highest BCUT2D eigenvalue weighted by Crippen LogP contribution is 2.30. The number of hydrogen-bond donors (Lipinski definition) is 0. The summed E-state index contributed by atoms with van der Waals surface area (Å²) in [6.45, 7) is 0.554.